The summed E-state index contributed by atoms with van der Waals surface area (Å²) in [5.41, 5.74) is 2.63. The Hall–Kier alpha value is -0.510. The predicted octanol–water partition coefficient (Wildman–Crippen LogP) is 5.16. The Balaban J connectivity index is 2.95. The van der Waals surface area contributed by atoms with E-state index in [-0.39, 0.29) is 6.10 Å². The third kappa shape index (κ3) is 4.01. The fourth-order valence-electron chi connectivity index (χ4n) is 1.89. The first-order chi connectivity index (χ1) is 8.61. The lowest BCUT2D eigenvalue weighted by Gasteiger charge is -2.24. The fourth-order valence-corrected chi connectivity index (χ4v) is 3.05. The summed E-state index contributed by atoms with van der Waals surface area (Å²) in [6.07, 6.45) is 4.21. The molecule has 0 aliphatic rings. The maximum absolute atomic E-state index is 5.96. The van der Waals surface area contributed by atoms with Crippen molar-refractivity contribution in [1.29, 1.82) is 0 Å². The highest BCUT2D eigenvalue weighted by molar-refractivity contribution is 7.83. The van der Waals surface area contributed by atoms with Crippen LogP contribution in [0.3, 0.4) is 0 Å². The van der Waals surface area contributed by atoms with E-state index in [0.29, 0.717) is 5.92 Å². The van der Waals surface area contributed by atoms with Crippen LogP contribution in [-0.4, -0.2) is 6.61 Å². The topological polar surface area (TPSA) is 9.23 Å². The number of ether oxygens (including phenoxy) is 1. The minimum absolute atomic E-state index is 0.152. The van der Waals surface area contributed by atoms with E-state index in [1.165, 1.54) is 16.0 Å². The first-order valence-electron chi connectivity index (χ1n) is 6.24. The van der Waals surface area contributed by atoms with Gasteiger partial charge < -0.3 is 4.74 Å². The maximum Gasteiger partial charge on any atom is 0.0981 e. The summed E-state index contributed by atoms with van der Waals surface area (Å²) in [6, 6.07) is 2.16. The van der Waals surface area contributed by atoms with Crippen LogP contribution >= 0.6 is 24.0 Å². The number of hydrogen-bond donors (Lipinski definition) is 1. The molecular weight excluding hydrogens is 260 g/mol. The van der Waals surface area contributed by atoms with Crippen LogP contribution in [0.5, 0.6) is 0 Å². The molecule has 1 rings (SSSR count). The summed E-state index contributed by atoms with van der Waals surface area (Å²) in [5.74, 6) is 0.367. The van der Waals surface area contributed by atoms with E-state index in [9.17, 15) is 0 Å². The van der Waals surface area contributed by atoms with Crippen LogP contribution in [0, 0.1) is 12.8 Å². The van der Waals surface area contributed by atoms with Crippen LogP contribution in [0.4, 0.5) is 0 Å². The van der Waals surface area contributed by atoms with Crippen LogP contribution in [-0.2, 0) is 4.74 Å². The molecule has 0 saturated heterocycles. The number of allylic oxidation sites excluding steroid dienone is 2. The van der Waals surface area contributed by atoms with Crippen molar-refractivity contribution in [3.63, 3.8) is 0 Å². The molecule has 0 spiro atoms. The molecule has 1 aromatic heterocycles. The Bertz CT molecular complexity index is 418. The van der Waals surface area contributed by atoms with Crippen molar-refractivity contribution in [2.75, 3.05) is 6.61 Å². The van der Waals surface area contributed by atoms with Gasteiger partial charge in [0.1, 0.15) is 0 Å². The lowest BCUT2D eigenvalue weighted by Crippen LogP contribution is -2.14. The predicted molar refractivity (Wildman–Crippen MR) is 84.5 cm³/mol. The Labute approximate surface area is 120 Å². The molecule has 2 unspecified atom stereocenters. The minimum atomic E-state index is 0.152. The van der Waals surface area contributed by atoms with Gasteiger partial charge in [-0.3, -0.25) is 0 Å². The average molecular weight is 282 g/mol. The summed E-state index contributed by atoms with van der Waals surface area (Å²) in [6.45, 7) is 9.31. The average Bonchev–Trinajstić information content (AvgIpc) is 2.78. The molecule has 100 valence electrons. The van der Waals surface area contributed by atoms with Crippen LogP contribution in [0.15, 0.2) is 34.6 Å². The highest BCUT2D eigenvalue weighted by atomic mass is 32.1. The van der Waals surface area contributed by atoms with Gasteiger partial charge in [0.05, 0.1) is 6.10 Å². The molecule has 0 aliphatic heterocycles. The second kappa shape index (κ2) is 7.82. The van der Waals surface area contributed by atoms with Crippen molar-refractivity contribution >= 4 is 24.0 Å². The van der Waals surface area contributed by atoms with Crippen molar-refractivity contribution in [1.82, 2.24) is 0 Å². The third-order valence-electron chi connectivity index (χ3n) is 3.12. The second-order valence-electron chi connectivity index (χ2n) is 4.38. The standard InChI is InChI=1S/C15H22OS2/c1-5-16-14(15-12(3)8-10-18-15)13(4)11(2)7-6-9-17/h6-10,13-14,17H,5H2,1-4H3/b9-6-,11-7+. The van der Waals surface area contributed by atoms with Gasteiger partial charge >= 0.3 is 0 Å². The zero-order valence-corrected chi connectivity index (χ0v) is 13.2. The first kappa shape index (κ1) is 15.5. The molecule has 1 heterocycles. The molecular formula is C15H22OS2. The molecule has 0 aromatic carbocycles. The SMILES string of the molecule is CCOC(c1sccc1C)C(C)/C(C)=C/C=C\S. The molecule has 1 nitrogen and oxygen atoms in total. The Morgan fingerprint density at radius 3 is 2.78 bits per heavy atom. The molecule has 18 heavy (non-hydrogen) atoms. The molecule has 0 N–H and O–H groups in total. The number of thiol groups is 1. The van der Waals surface area contributed by atoms with Crippen molar-refractivity contribution < 1.29 is 4.74 Å². The molecule has 0 radical (unpaired) electrons. The Morgan fingerprint density at radius 2 is 2.28 bits per heavy atom. The van der Waals surface area contributed by atoms with Gasteiger partial charge in [0.25, 0.3) is 0 Å². The smallest absolute Gasteiger partial charge is 0.0981 e. The number of hydrogen-bond acceptors (Lipinski definition) is 3. The van der Waals surface area contributed by atoms with E-state index >= 15 is 0 Å². The third-order valence-corrected chi connectivity index (χ3v) is 4.38. The minimum Gasteiger partial charge on any atom is -0.372 e. The number of aryl methyl sites for hydroxylation is 1. The van der Waals surface area contributed by atoms with Gasteiger partial charge in [-0.2, -0.15) is 12.6 Å². The van der Waals surface area contributed by atoms with E-state index in [2.05, 4.69) is 57.8 Å². The fraction of sp³-hybridized carbons (Fsp3) is 0.467. The van der Waals surface area contributed by atoms with Gasteiger partial charge in [0.2, 0.25) is 0 Å². The highest BCUT2D eigenvalue weighted by Crippen LogP contribution is 2.35. The van der Waals surface area contributed by atoms with Crippen LogP contribution in [0.2, 0.25) is 0 Å². The molecule has 2 atom stereocenters. The second-order valence-corrected chi connectivity index (χ2v) is 5.63. The highest BCUT2D eigenvalue weighted by Gasteiger charge is 2.23. The van der Waals surface area contributed by atoms with E-state index < -0.39 is 0 Å². The molecule has 0 amide bonds. The van der Waals surface area contributed by atoms with Crippen molar-refractivity contribution in [2.45, 2.75) is 33.8 Å². The summed E-state index contributed by atoms with van der Waals surface area (Å²) < 4.78 is 5.96. The van der Waals surface area contributed by atoms with Gasteiger partial charge in [0.15, 0.2) is 0 Å². The van der Waals surface area contributed by atoms with Crippen molar-refractivity contribution in [2.24, 2.45) is 5.92 Å². The zero-order chi connectivity index (χ0) is 13.5. The molecule has 0 saturated carbocycles. The molecule has 1 aromatic rings. The normalized spacial score (nSPS) is 16.2. The lowest BCUT2D eigenvalue weighted by atomic mass is 9.93. The van der Waals surface area contributed by atoms with Crippen molar-refractivity contribution in [3.05, 3.63) is 45.0 Å². The molecule has 0 bridgehead atoms. The van der Waals surface area contributed by atoms with Gasteiger partial charge in [-0.05, 0) is 43.2 Å². The lowest BCUT2D eigenvalue weighted by molar-refractivity contribution is 0.0366. The quantitative estimate of drug-likeness (QED) is 0.560. The van der Waals surface area contributed by atoms with E-state index in [1.54, 1.807) is 16.7 Å². The van der Waals surface area contributed by atoms with E-state index in [1.807, 2.05) is 6.08 Å². The van der Waals surface area contributed by atoms with Gasteiger partial charge in [0, 0.05) is 17.4 Å². The van der Waals surface area contributed by atoms with Gasteiger partial charge in [-0.15, -0.1) is 11.3 Å². The molecule has 3 heteroatoms. The Kier molecular flexibility index (Phi) is 6.76. The van der Waals surface area contributed by atoms with Crippen molar-refractivity contribution in [3.8, 4) is 0 Å². The van der Waals surface area contributed by atoms with Gasteiger partial charge in [-0.1, -0.05) is 24.6 Å². The van der Waals surface area contributed by atoms with E-state index in [0.717, 1.165) is 6.61 Å². The monoisotopic (exact) mass is 282 g/mol. The summed E-state index contributed by atoms with van der Waals surface area (Å²) in [5, 5.41) is 3.89. The van der Waals surface area contributed by atoms with Crippen LogP contribution < -0.4 is 0 Å². The number of rotatable bonds is 6. The maximum atomic E-state index is 5.96. The summed E-state index contributed by atoms with van der Waals surface area (Å²) in [4.78, 5) is 1.34. The molecule has 0 fully saturated rings. The Morgan fingerprint density at radius 1 is 1.56 bits per heavy atom. The molecule has 0 aliphatic carbocycles. The van der Waals surface area contributed by atoms with Gasteiger partial charge in [-0.25, -0.2) is 0 Å². The largest absolute Gasteiger partial charge is 0.372 e. The summed E-state index contributed by atoms with van der Waals surface area (Å²) in [7, 11) is 0. The van der Waals surface area contributed by atoms with E-state index in [4.69, 9.17) is 4.74 Å². The number of thiophene rings is 1. The van der Waals surface area contributed by atoms with Crippen LogP contribution in [0.1, 0.15) is 37.3 Å². The first-order valence-corrected chi connectivity index (χ1v) is 7.64. The zero-order valence-electron chi connectivity index (χ0n) is 11.5. The van der Waals surface area contributed by atoms with Crippen LogP contribution in [0.25, 0.3) is 0 Å². The summed E-state index contributed by atoms with van der Waals surface area (Å²) >= 11 is 5.86.